The molecule has 0 fully saturated rings. The molecular formula is C29H29F2N7O3. The van der Waals surface area contributed by atoms with Gasteiger partial charge in [-0.15, -0.1) is 0 Å². The first kappa shape index (κ1) is 27.9. The topological polar surface area (TPSA) is 122 Å². The molecule has 0 amide bonds. The van der Waals surface area contributed by atoms with E-state index in [2.05, 4.69) is 20.4 Å². The maximum atomic E-state index is 14.9. The van der Waals surface area contributed by atoms with Gasteiger partial charge in [0.05, 0.1) is 38.1 Å². The molecule has 0 saturated carbocycles. The summed E-state index contributed by atoms with van der Waals surface area (Å²) in [5.74, 6) is -0.186. The van der Waals surface area contributed by atoms with Crippen LogP contribution >= 0.6 is 0 Å². The number of anilines is 2. The van der Waals surface area contributed by atoms with E-state index in [1.54, 1.807) is 37.6 Å². The van der Waals surface area contributed by atoms with Crippen LogP contribution in [0.3, 0.4) is 0 Å². The van der Waals surface area contributed by atoms with Crippen LogP contribution in [0.5, 0.6) is 11.5 Å². The molecule has 41 heavy (non-hydrogen) atoms. The van der Waals surface area contributed by atoms with E-state index < -0.39 is 11.6 Å². The van der Waals surface area contributed by atoms with Gasteiger partial charge in [0.1, 0.15) is 29.7 Å². The Bertz CT molecular complexity index is 1590. The van der Waals surface area contributed by atoms with Crippen molar-refractivity contribution in [2.24, 2.45) is 5.73 Å². The molecular weight excluding hydrogens is 532 g/mol. The standard InChI is InChI=1S/C29H29F2N7O3/c1-2-40-20-15-23(30)22(24(31)16-20)18-38-25-6-4-3-5-21(25)27(37-38)29-34-17-26(41-14-13-39-12-9-32)28(36-29)35-19-7-10-33-11-8-19/h3-8,10-11,15-17H,2,9,12-14,18,32H2,1H3,(H,33,34,35,36). The van der Waals surface area contributed by atoms with E-state index in [0.29, 0.717) is 55.0 Å². The molecule has 0 atom stereocenters. The highest BCUT2D eigenvalue weighted by Crippen LogP contribution is 2.32. The van der Waals surface area contributed by atoms with Gasteiger partial charge in [0.15, 0.2) is 17.4 Å². The molecule has 0 bridgehead atoms. The number of ether oxygens (including phenoxy) is 3. The quantitative estimate of drug-likeness (QED) is 0.197. The Morgan fingerprint density at radius 2 is 1.76 bits per heavy atom. The molecule has 0 aliphatic carbocycles. The lowest BCUT2D eigenvalue weighted by Gasteiger charge is -2.13. The van der Waals surface area contributed by atoms with Crippen LogP contribution in [0.2, 0.25) is 0 Å². The van der Waals surface area contributed by atoms with Crippen molar-refractivity contribution in [2.45, 2.75) is 13.5 Å². The van der Waals surface area contributed by atoms with Crippen LogP contribution in [0.15, 0.2) is 67.1 Å². The van der Waals surface area contributed by atoms with Crippen molar-refractivity contribution in [2.75, 3.05) is 38.3 Å². The number of nitrogens with two attached hydrogens (primary N) is 1. The van der Waals surface area contributed by atoms with Crippen LogP contribution < -0.4 is 20.5 Å². The number of benzene rings is 2. The van der Waals surface area contributed by atoms with Gasteiger partial charge >= 0.3 is 0 Å². The van der Waals surface area contributed by atoms with Crippen molar-refractivity contribution in [1.82, 2.24) is 24.7 Å². The first-order chi connectivity index (χ1) is 20.1. The second kappa shape index (κ2) is 13.1. The van der Waals surface area contributed by atoms with Gasteiger partial charge in [-0.2, -0.15) is 5.10 Å². The third kappa shape index (κ3) is 6.56. The largest absolute Gasteiger partial charge is 0.494 e. The van der Waals surface area contributed by atoms with E-state index in [9.17, 15) is 8.78 Å². The lowest BCUT2D eigenvalue weighted by molar-refractivity contribution is 0.106. The van der Waals surface area contributed by atoms with Gasteiger partial charge in [-0.1, -0.05) is 18.2 Å². The Morgan fingerprint density at radius 3 is 2.51 bits per heavy atom. The minimum atomic E-state index is -0.716. The first-order valence-electron chi connectivity index (χ1n) is 13.1. The number of hydrogen-bond acceptors (Lipinski definition) is 9. The van der Waals surface area contributed by atoms with Gasteiger partial charge < -0.3 is 25.3 Å². The average molecular weight is 562 g/mol. The highest BCUT2D eigenvalue weighted by molar-refractivity contribution is 5.92. The van der Waals surface area contributed by atoms with Gasteiger partial charge in [0, 0.05) is 47.7 Å². The average Bonchev–Trinajstić information content (AvgIpc) is 3.34. The van der Waals surface area contributed by atoms with Crippen LogP contribution in [0.1, 0.15) is 12.5 Å². The maximum absolute atomic E-state index is 14.9. The normalized spacial score (nSPS) is 11.1. The molecule has 3 aromatic heterocycles. The summed E-state index contributed by atoms with van der Waals surface area (Å²) < 4.78 is 47.9. The van der Waals surface area contributed by atoms with Gasteiger partial charge in [0.2, 0.25) is 0 Å². The Morgan fingerprint density at radius 1 is 0.976 bits per heavy atom. The summed E-state index contributed by atoms with van der Waals surface area (Å²) in [4.78, 5) is 13.3. The van der Waals surface area contributed by atoms with E-state index in [0.717, 1.165) is 11.1 Å². The number of nitrogens with zero attached hydrogens (tertiary/aromatic N) is 5. The van der Waals surface area contributed by atoms with Crippen LogP contribution in [-0.2, 0) is 11.3 Å². The molecule has 212 valence electrons. The summed E-state index contributed by atoms with van der Waals surface area (Å²) in [6, 6.07) is 13.3. The van der Waals surface area contributed by atoms with Gasteiger partial charge in [0.25, 0.3) is 0 Å². The summed E-state index contributed by atoms with van der Waals surface area (Å²) in [5.41, 5.74) is 7.19. The number of para-hydroxylation sites is 1. The summed E-state index contributed by atoms with van der Waals surface area (Å²) in [7, 11) is 0. The van der Waals surface area contributed by atoms with Gasteiger partial charge in [-0.05, 0) is 25.1 Å². The monoisotopic (exact) mass is 561 g/mol. The third-order valence-electron chi connectivity index (χ3n) is 6.05. The number of aromatic nitrogens is 5. The van der Waals surface area contributed by atoms with E-state index >= 15 is 0 Å². The lowest BCUT2D eigenvalue weighted by Crippen LogP contribution is -2.14. The molecule has 3 N–H and O–H groups in total. The highest BCUT2D eigenvalue weighted by Gasteiger charge is 2.20. The SMILES string of the molecule is CCOc1cc(F)c(Cn2nc(-c3ncc(OCCOCCN)c(Nc4ccncc4)n3)c3ccccc32)c(F)c1. The van der Waals surface area contributed by atoms with Crippen LogP contribution in [-0.4, -0.2) is 57.7 Å². The lowest BCUT2D eigenvalue weighted by atomic mass is 10.1. The molecule has 3 heterocycles. The summed E-state index contributed by atoms with van der Waals surface area (Å²) >= 11 is 0. The van der Waals surface area contributed by atoms with Crippen LogP contribution in [0.4, 0.5) is 20.3 Å². The molecule has 2 aromatic carbocycles. The van der Waals surface area contributed by atoms with E-state index in [1.807, 2.05) is 24.3 Å². The Hall–Kier alpha value is -4.68. The fourth-order valence-electron chi connectivity index (χ4n) is 4.19. The minimum absolute atomic E-state index is 0.130. The zero-order valence-electron chi connectivity index (χ0n) is 22.4. The van der Waals surface area contributed by atoms with Crippen molar-refractivity contribution in [3.8, 4) is 23.0 Å². The number of nitrogens with one attached hydrogen (secondary N) is 1. The number of pyridine rings is 1. The van der Waals surface area contributed by atoms with E-state index in [1.165, 1.54) is 16.8 Å². The molecule has 5 rings (SSSR count). The van der Waals surface area contributed by atoms with Crippen LogP contribution in [0, 0.1) is 11.6 Å². The second-order valence-electron chi connectivity index (χ2n) is 8.84. The number of fused-ring (bicyclic) bond motifs is 1. The first-order valence-corrected chi connectivity index (χ1v) is 13.1. The van der Waals surface area contributed by atoms with Crippen molar-refractivity contribution >= 4 is 22.4 Å². The molecule has 0 saturated heterocycles. The number of rotatable bonds is 13. The minimum Gasteiger partial charge on any atom is -0.494 e. The molecule has 0 aliphatic rings. The number of hydrogen-bond donors (Lipinski definition) is 2. The zero-order valence-corrected chi connectivity index (χ0v) is 22.4. The molecule has 0 radical (unpaired) electrons. The summed E-state index contributed by atoms with van der Waals surface area (Å²) in [6.45, 7) is 3.38. The van der Waals surface area contributed by atoms with Crippen LogP contribution in [0.25, 0.3) is 22.4 Å². The highest BCUT2D eigenvalue weighted by atomic mass is 19.1. The van der Waals surface area contributed by atoms with Crippen molar-refractivity contribution in [3.63, 3.8) is 0 Å². The zero-order chi connectivity index (χ0) is 28.6. The third-order valence-corrected chi connectivity index (χ3v) is 6.05. The summed E-state index contributed by atoms with van der Waals surface area (Å²) in [6.07, 6.45) is 4.86. The fourth-order valence-corrected chi connectivity index (χ4v) is 4.19. The fraction of sp³-hybridized carbons (Fsp3) is 0.241. The van der Waals surface area contributed by atoms with Gasteiger partial charge in [-0.25, -0.2) is 18.7 Å². The molecule has 10 nitrogen and oxygen atoms in total. The second-order valence-corrected chi connectivity index (χ2v) is 8.84. The van der Waals surface area contributed by atoms with Crippen molar-refractivity contribution in [3.05, 3.63) is 84.3 Å². The Labute approximate surface area is 235 Å². The van der Waals surface area contributed by atoms with E-state index in [-0.39, 0.29) is 24.5 Å². The Balaban J connectivity index is 1.50. The smallest absolute Gasteiger partial charge is 0.183 e. The van der Waals surface area contributed by atoms with Gasteiger partial charge in [-0.3, -0.25) is 9.67 Å². The van der Waals surface area contributed by atoms with Crippen molar-refractivity contribution < 1.29 is 23.0 Å². The predicted molar refractivity (Wildman–Crippen MR) is 150 cm³/mol. The van der Waals surface area contributed by atoms with E-state index in [4.69, 9.17) is 24.9 Å². The Kier molecular flexibility index (Phi) is 8.92. The summed E-state index contributed by atoms with van der Waals surface area (Å²) in [5, 5.41) is 8.64. The molecule has 0 unspecified atom stereocenters. The maximum Gasteiger partial charge on any atom is 0.183 e. The molecule has 12 heteroatoms. The predicted octanol–water partition coefficient (Wildman–Crippen LogP) is 4.71. The molecule has 0 aliphatic heterocycles. The number of halogens is 2. The molecule has 0 spiro atoms. The van der Waals surface area contributed by atoms with Crippen molar-refractivity contribution in [1.29, 1.82) is 0 Å². The molecule has 5 aromatic rings.